The topological polar surface area (TPSA) is 15.3 Å². The lowest BCUT2D eigenvalue weighted by molar-refractivity contribution is 0.123. The molecule has 0 aromatic carbocycles. The Morgan fingerprint density at radius 2 is 1.59 bits per heavy atom. The van der Waals surface area contributed by atoms with Crippen molar-refractivity contribution in [3.8, 4) is 0 Å². The monoisotopic (exact) mass is 240 g/mol. The van der Waals surface area contributed by atoms with Crippen molar-refractivity contribution in [1.82, 2.24) is 10.2 Å². The summed E-state index contributed by atoms with van der Waals surface area (Å²) in [6.45, 7) is 20.3. The Bertz CT molecular complexity index is 207. The molecule has 0 saturated carbocycles. The molecule has 0 aromatic heterocycles. The van der Waals surface area contributed by atoms with Crippen molar-refractivity contribution in [2.75, 3.05) is 32.7 Å². The Labute approximate surface area is 108 Å². The lowest BCUT2D eigenvalue weighted by atomic mass is 9.81. The first-order valence-electron chi connectivity index (χ1n) is 7.22. The molecule has 2 nitrogen and oxygen atoms in total. The van der Waals surface area contributed by atoms with Gasteiger partial charge < -0.3 is 10.2 Å². The van der Waals surface area contributed by atoms with E-state index in [2.05, 4.69) is 51.8 Å². The van der Waals surface area contributed by atoms with E-state index in [1.54, 1.807) is 0 Å². The van der Waals surface area contributed by atoms with E-state index < -0.39 is 0 Å². The smallest absolute Gasteiger partial charge is 0.00194 e. The minimum atomic E-state index is 0.424. The summed E-state index contributed by atoms with van der Waals surface area (Å²) in [6.07, 6.45) is 0. The van der Waals surface area contributed by atoms with Gasteiger partial charge >= 0.3 is 0 Å². The normalized spacial score (nSPS) is 30.7. The van der Waals surface area contributed by atoms with Crippen LogP contribution in [0.1, 0.15) is 41.5 Å². The second kappa shape index (κ2) is 6.19. The van der Waals surface area contributed by atoms with Crippen molar-refractivity contribution in [2.45, 2.75) is 41.5 Å². The zero-order chi connectivity index (χ0) is 13.1. The highest BCUT2D eigenvalue weighted by atomic mass is 15.1. The summed E-state index contributed by atoms with van der Waals surface area (Å²) in [5, 5.41) is 3.56. The minimum absolute atomic E-state index is 0.424. The maximum absolute atomic E-state index is 3.56. The lowest BCUT2D eigenvalue weighted by Gasteiger charge is -2.37. The van der Waals surface area contributed by atoms with Gasteiger partial charge in [0.25, 0.3) is 0 Å². The number of rotatable bonds is 2. The van der Waals surface area contributed by atoms with Gasteiger partial charge in [0.15, 0.2) is 0 Å². The fourth-order valence-corrected chi connectivity index (χ4v) is 2.47. The zero-order valence-electron chi connectivity index (χ0n) is 12.7. The van der Waals surface area contributed by atoms with Crippen LogP contribution in [-0.4, -0.2) is 37.6 Å². The molecular formula is C15H32N2. The fourth-order valence-electron chi connectivity index (χ4n) is 2.47. The molecule has 3 atom stereocenters. The van der Waals surface area contributed by atoms with Gasteiger partial charge in [0.1, 0.15) is 0 Å². The van der Waals surface area contributed by atoms with Gasteiger partial charge in [0, 0.05) is 19.6 Å². The number of nitrogens with zero attached hydrogens (tertiary/aromatic N) is 1. The van der Waals surface area contributed by atoms with Crippen LogP contribution in [0.5, 0.6) is 0 Å². The van der Waals surface area contributed by atoms with Crippen LogP contribution in [0.4, 0.5) is 0 Å². The second-order valence-corrected chi connectivity index (χ2v) is 7.35. The van der Waals surface area contributed by atoms with Gasteiger partial charge in [-0.15, -0.1) is 0 Å². The molecule has 0 spiro atoms. The molecule has 0 aliphatic carbocycles. The van der Waals surface area contributed by atoms with E-state index in [1.807, 2.05) is 0 Å². The second-order valence-electron chi connectivity index (χ2n) is 7.35. The van der Waals surface area contributed by atoms with Crippen LogP contribution in [0.15, 0.2) is 0 Å². The summed E-state index contributed by atoms with van der Waals surface area (Å²) in [7, 11) is 0. The van der Waals surface area contributed by atoms with E-state index in [1.165, 1.54) is 32.7 Å². The molecular weight excluding hydrogens is 208 g/mol. The Kier molecular flexibility index (Phi) is 5.46. The van der Waals surface area contributed by atoms with Gasteiger partial charge in [-0.05, 0) is 36.3 Å². The largest absolute Gasteiger partial charge is 0.316 e. The predicted molar refractivity (Wildman–Crippen MR) is 76.3 cm³/mol. The Balaban J connectivity index is 2.53. The maximum atomic E-state index is 3.56. The Hall–Kier alpha value is -0.0800. The summed E-state index contributed by atoms with van der Waals surface area (Å²) in [5.41, 5.74) is 0.424. The average Bonchev–Trinajstić information content (AvgIpc) is 2.13. The summed E-state index contributed by atoms with van der Waals surface area (Å²) >= 11 is 0. The van der Waals surface area contributed by atoms with Gasteiger partial charge in [0.2, 0.25) is 0 Å². The fraction of sp³-hybridized carbons (Fsp3) is 1.00. The average molecular weight is 240 g/mol. The van der Waals surface area contributed by atoms with Crippen LogP contribution in [0, 0.1) is 23.2 Å². The molecule has 0 radical (unpaired) electrons. The van der Waals surface area contributed by atoms with E-state index in [9.17, 15) is 0 Å². The van der Waals surface area contributed by atoms with Gasteiger partial charge in [-0.2, -0.15) is 0 Å². The molecule has 1 aliphatic heterocycles. The highest BCUT2D eigenvalue weighted by Crippen LogP contribution is 2.26. The van der Waals surface area contributed by atoms with Crippen LogP contribution >= 0.6 is 0 Å². The first-order valence-corrected chi connectivity index (χ1v) is 7.22. The van der Waals surface area contributed by atoms with Crippen LogP contribution < -0.4 is 5.32 Å². The van der Waals surface area contributed by atoms with Gasteiger partial charge in [-0.25, -0.2) is 0 Å². The molecule has 2 heteroatoms. The molecule has 1 heterocycles. The number of nitrogens with one attached hydrogen (secondary N) is 1. The van der Waals surface area contributed by atoms with Crippen molar-refractivity contribution in [1.29, 1.82) is 0 Å². The number of hydrogen-bond acceptors (Lipinski definition) is 2. The van der Waals surface area contributed by atoms with Crippen LogP contribution in [-0.2, 0) is 0 Å². The lowest BCUT2D eigenvalue weighted by Crippen LogP contribution is -2.45. The standard InChI is InChI=1S/C15H32N2/c1-12-7-16-8-13(2)10-17(9-12)11-14(3)15(4,5)6/h12-14,16H,7-11H2,1-6H3. The summed E-state index contributed by atoms with van der Waals surface area (Å²) in [4.78, 5) is 2.69. The van der Waals surface area contributed by atoms with Crippen molar-refractivity contribution in [3.63, 3.8) is 0 Å². The molecule has 0 aromatic rings. The van der Waals surface area contributed by atoms with Crippen LogP contribution in [0.25, 0.3) is 0 Å². The van der Waals surface area contributed by atoms with Crippen molar-refractivity contribution in [3.05, 3.63) is 0 Å². The molecule has 1 fully saturated rings. The summed E-state index contributed by atoms with van der Waals surface area (Å²) in [5.74, 6) is 2.30. The minimum Gasteiger partial charge on any atom is -0.316 e. The molecule has 3 unspecified atom stereocenters. The molecule has 1 aliphatic rings. The maximum Gasteiger partial charge on any atom is 0.00194 e. The quantitative estimate of drug-likeness (QED) is 0.798. The zero-order valence-corrected chi connectivity index (χ0v) is 12.7. The van der Waals surface area contributed by atoms with Crippen LogP contribution in [0.2, 0.25) is 0 Å². The van der Waals surface area contributed by atoms with Crippen molar-refractivity contribution in [2.24, 2.45) is 23.2 Å². The van der Waals surface area contributed by atoms with Gasteiger partial charge in [0.05, 0.1) is 0 Å². The number of hydrogen-bond donors (Lipinski definition) is 1. The molecule has 0 bridgehead atoms. The SMILES string of the molecule is CC1CNCC(C)CN(CC(C)C(C)(C)C)C1. The van der Waals surface area contributed by atoms with Gasteiger partial charge in [-0.1, -0.05) is 41.5 Å². The third-order valence-electron chi connectivity index (χ3n) is 4.14. The molecule has 102 valence electrons. The van der Waals surface area contributed by atoms with E-state index in [4.69, 9.17) is 0 Å². The van der Waals surface area contributed by atoms with Crippen molar-refractivity contribution < 1.29 is 0 Å². The van der Waals surface area contributed by atoms with E-state index in [0.717, 1.165) is 17.8 Å². The van der Waals surface area contributed by atoms with E-state index >= 15 is 0 Å². The Morgan fingerprint density at radius 3 is 2.00 bits per heavy atom. The van der Waals surface area contributed by atoms with Crippen LogP contribution in [0.3, 0.4) is 0 Å². The molecule has 0 amide bonds. The highest BCUT2D eigenvalue weighted by Gasteiger charge is 2.24. The van der Waals surface area contributed by atoms with Gasteiger partial charge in [-0.3, -0.25) is 0 Å². The van der Waals surface area contributed by atoms with E-state index in [0.29, 0.717) is 5.41 Å². The van der Waals surface area contributed by atoms with Crippen molar-refractivity contribution >= 4 is 0 Å². The summed E-state index contributed by atoms with van der Waals surface area (Å²) in [6, 6.07) is 0. The molecule has 1 N–H and O–H groups in total. The first kappa shape index (κ1) is 15.0. The predicted octanol–water partition coefficient (Wildman–Crippen LogP) is 2.85. The summed E-state index contributed by atoms with van der Waals surface area (Å²) < 4.78 is 0. The first-order chi connectivity index (χ1) is 7.79. The molecule has 1 rings (SSSR count). The molecule has 17 heavy (non-hydrogen) atoms. The highest BCUT2D eigenvalue weighted by molar-refractivity contribution is 4.78. The Morgan fingerprint density at radius 1 is 1.12 bits per heavy atom. The molecule has 1 saturated heterocycles. The third kappa shape index (κ3) is 5.39. The van der Waals surface area contributed by atoms with E-state index in [-0.39, 0.29) is 0 Å². The third-order valence-corrected chi connectivity index (χ3v) is 4.14.